The molecule has 3 heteroatoms. The van der Waals surface area contributed by atoms with E-state index in [9.17, 15) is 4.79 Å². The Balaban J connectivity index is 1.92. The van der Waals surface area contributed by atoms with Crippen molar-refractivity contribution in [1.82, 2.24) is 5.32 Å². The lowest BCUT2D eigenvalue weighted by Crippen LogP contribution is -2.27. The summed E-state index contributed by atoms with van der Waals surface area (Å²) in [5.74, 6) is 0.246. The summed E-state index contributed by atoms with van der Waals surface area (Å²) in [5, 5.41) is 2.98. The normalized spacial score (nSPS) is 12.0. The summed E-state index contributed by atoms with van der Waals surface area (Å²) in [6, 6.07) is 15.8. The van der Waals surface area contributed by atoms with Crippen LogP contribution < -0.4 is 11.1 Å². The van der Waals surface area contributed by atoms with Crippen LogP contribution in [0.2, 0.25) is 0 Å². The van der Waals surface area contributed by atoms with E-state index >= 15 is 0 Å². The van der Waals surface area contributed by atoms with Gasteiger partial charge in [-0.05, 0) is 36.1 Å². The van der Waals surface area contributed by atoms with Crippen molar-refractivity contribution in [2.24, 2.45) is 5.73 Å². The maximum absolute atomic E-state index is 12.1. The van der Waals surface area contributed by atoms with Crippen molar-refractivity contribution < 1.29 is 4.79 Å². The fourth-order valence-corrected chi connectivity index (χ4v) is 2.15. The summed E-state index contributed by atoms with van der Waals surface area (Å²) in [4.78, 5) is 12.1. The minimum Gasteiger partial charge on any atom is -0.351 e. The third kappa shape index (κ3) is 4.17. The highest BCUT2D eigenvalue weighted by molar-refractivity contribution is 5.94. The molecule has 0 saturated heterocycles. The summed E-state index contributed by atoms with van der Waals surface area (Å²) in [5.41, 5.74) is 9.73. The molecule has 0 bridgehead atoms. The van der Waals surface area contributed by atoms with Gasteiger partial charge in [0.2, 0.25) is 0 Å². The molecule has 0 radical (unpaired) electrons. The number of nitrogens with one attached hydrogen (secondary N) is 1. The van der Waals surface area contributed by atoms with Crippen molar-refractivity contribution in [3.8, 4) is 0 Å². The third-order valence-electron chi connectivity index (χ3n) is 3.67. The highest BCUT2D eigenvalue weighted by Crippen LogP contribution is 2.15. The zero-order chi connectivity index (χ0) is 15.2. The zero-order valence-electron chi connectivity index (χ0n) is 12.6. The van der Waals surface area contributed by atoms with E-state index in [1.165, 1.54) is 11.1 Å². The second kappa shape index (κ2) is 7.04. The van der Waals surface area contributed by atoms with Crippen molar-refractivity contribution in [2.75, 3.05) is 6.54 Å². The van der Waals surface area contributed by atoms with E-state index in [-0.39, 0.29) is 11.8 Å². The van der Waals surface area contributed by atoms with Gasteiger partial charge in [-0.15, -0.1) is 0 Å². The number of amides is 1. The molecule has 1 amide bonds. The Kier molecular flexibility index (Phi) is 5.12. The van der Waals surface area contributed by atoms with Gasteiger partial charge in [-0.3, -0.25) is 4.79 Å². The quantitative estimate of drug-likeness (QED) is 0.885. The monoisotopic (exact) mass is 282 g/mol. The van der Waals surface area contributed by atoms with Crippen molar-refractivity contribution in [1.29, 1.82) is 0 Å². The molecule has 0 saturated carbocycles. The van der Waals surface area contributed by atoms with E-state index in [2.05, 4.69) is 43.4 Å². The summed E-state index contributed by atoms with van der Waals surface area (Å²) in [6.07, 6.45) is 0. The van der Waals surface area contributed by atoms with Crippen LogP contribution in [0.15, 0.2) is 48.5 Å². The second-order valence-electron chi connectivity index (χ2n) is 5.42. The van der Waals surface area contributed by atoms with Crippen LogP contribution in [-0.2, 0) is 6.54 Å². The lowest BCUT2D eigenvalue weighted by atomic mass is 10.00. The molecule has 2 rings (SSSR count). The Morgan fingerprint density at radius 2 is 1.71 bits per heavy atom. The van der Waals surface area contributed by atoms with Crippen LogP contribution in [0.4, 0.5) is 0 Å². The molecular weight excluding hydrogens is 260 g/mol. The van der Waals surface area contributed by atoms with Gasteiger partial charge in [-0.1, -0.05) is 48.9 Å². The first-order valence-electron chi connectivity index (χ1n) is 7.24. The van der Waals surface area contributed by atoms with Crippen LogP contribution in [0.25, 0.3) is 0 Å². The van der Waals surface area contributed by atoms with E-state index in [4.69, 9.17) is 5.73 Å². The Morgan fingerprint density at radius 3 is 2.29 bits per heavy atom. The van der Waals surface area contributed by atoms with Crippen LogP contribution in [-0.4, -0.2) is 12.5 Å². The molecule has 2 aromatic carbocycles. The molecule has 0 spiro atoms. The molecule has 0 aliphatic carbocycles. The summed E-state index contributed by atoms with van der Waals surface area (Å²) >= 11 is 0. The molecule has 0 fully saturated rings. The van der Waals surface area contributed by atoms with Gasteiger partial charge in [-0.2, -0.15) is 0 Å². The SMILES string of the molecule is Cc1ccc(C(C)CNC(=O)c2ccc(CN)cc2)cc1. The maximum atomic E-state index is 12.1. The van der Waals surface area contributed by atoms with Gasteiger partial charge in [0.1, 0.15) is 0 Å². The van der Waals surface area contributed by atoms with Crippen LogP contribution in [0, 0.1) is 6.92 Å². The van der Waals surface area contributed by atoms with E-state index in [1.807, 2.05) is 24.3 Å². The highest BCUT2D eigenvalue weighted by Gasteiger charge is 2.09. The van der Waals surface area contributed by atoms with E-state index in [0.717, 1.165) is 5.56 Å². The Hall–Kier alpha value is -2.13. The molecule has 1 atom stereocenters. The number of hydrogen-bond donors (Lipinski definition) is 2. The van der Waals surface area contributed by atoms with Crippen LogP contribution in [0.1, 0.15) is 39.9 Å². The molecule has 0 aromatic heterocycles. The smallest absolute Gasteiger partial charge is 0.251 e. The number of aryl methyl sites for hydroxylation is 1. The van der Waals surface area contributed by atoms with Gasteiger partial charge in [0, 0.05) is 18.7 Å². The molecule has 1 unspecified atom stereocenters. The average Bonchev–Trinajstić information content (AvgIpc) is 2.53. The predicted molar refractivity (Wildman–Crippen MR) is 86.3 cm³/mol. The topological polar surface area (TPSA) is 55.1 Å². The van der Waals surface area contributed by atoms with Gasteiger partial charge in [0.25, 0.3) is 5.91 Å². The molecule has 0 aliphatic rings. The van der Waals surface area contributed by atoms with E-state index in [1.54, 1.807) is 0 Å². The van der Waals surface area contributed by atoms with Crippen LogP contribution in [0.3, 0.4) is 0 Å². The molecule has 0 heterocycles. The van der Waals surface area contributed by atoms with Crippen molar-refractivity contribution in [3.63, 3.8) is 0 Å². The van der Waals surface area contributed by atoms with Gasteiger partial charge in [0.15, 0.2) is 0 Å². The number of nitrogens with two attached hydrogens (primary N) is 1. The van der Waals surface area contributed by atoms with Gasteiger partial charge >= 0.3 is 0 Å². The highest BCUT2D eigenvalue weighted by atomic mass is 16.1. The first kappa shape index (κ1) is 15.3. The van der Waals surface area contributed by atoms with Crippen molar-refractivity contribution in [3.05, 3.63) is 70.8 Å². The minimum absolute atomic E-state index is 0.0440. The molecule has 3 nitrogen and oxygen atoms in total. The standard InChI is InChI=1S/C18H22N2O/c1-13-3-7-16(8-4-13)14(2)12-20-18(21)17-9-5-15(11-19)6-10-17/h3-10,14H,11-12,19H2,1-2H3,(H,20,21). The first-order valence-corrected chi connectivity index (χ1v) is 7.24. The lowest BCUT2D eigenvalue weighted by Gasteiger charge is -2.13. The van der Waals surface area contributed by atoms with Crippen LogP contribution >= 0.6 is 0 Å². The molecule has 2 aromatic rings. The number of benzene rings is 2. The summed E-state index contributed by atoms with van der Waals surface area (Å²) < 4.78 is 0. The Bertz CT molecular complexity index is 588. The number of carbonyl (C=O) groups excluding carboxylic acids is 1. The predicted octanol–water partition coefficient (Wildman–Crippen LogP) is 2.99. The Morgan fingerprint density at radius 1 is 1.10 bits per heavy atom. The van der Waals surface area contributed by atoms with E-state index < -0.39 is 0 Å². The molecule has 21 heavy (non-hydrogen) atoms. The summed E-state index contributed by atoms with van der Waals surface area (Å²) in [6.45, 7) is 5.30. The third-order valence-corrected chi connectivity index (χ3v) is 3.67. The number of hydrogen-bond acceptors (Lipinski definition) is 2. The first-order chi connectivity index (χ1) is 10.1. The fourth-order valence-electron chi connectivity index (χ4n) is 2.15. The van der Waals surface area contributed by atoms with Gasteiger partial charge < -0.3 is 11.1 Å². The van der Waals surface area contributed by atoms with Gasteiger partial charge in [-0.25, -0.2) is 0 Å². The van der Waals surface area contributed by atoms with Crippen LogP contribution in [0.5, 0.6) is 0 Å². The second-order valence-corrected chi connectivity index (χ2v) is 5.42. The minimum atomic E-state index is -0.0440. The Labute approximate surface area is 126 Å². The largest absolute Gasteiger partial charge is 0.351 e. The van der Waals surface area contributed by atoms with Gasteiger partial charge in [0.05, 0.1) is 0 Å². The molecular formula is C18H22N2O. The number of rotatable bonds is 5. The molecule has 110 valence electrons. The van der Waals surface area contributed by atoms with E-state index in [0.29, 0.717) is 18.7 Å². The lowest BCUT2D eigenvalue weighted by molar-refractivity contribution is 0.0951. The average molecular weight is 282 g/mol. The molecule has 3 N–H and O–H groups in total. The molecule has 0 aliphatic heterocycles. The zero-order valence-corrected chi connectivity index (χ0v) is 12.6. The summed E-state index contributed by atoms with van der Waals surface area (Å²) in [7, 11) is 0. The van der Waals surface area contributed by atoms with Crippen molar-refractivity contribution >= 4 is 5.91 Å². The fraction of sp³-hybridized carbons (Fsp3) is 0.278. The maximum Gasteiger partial charge on any atom is 0.251 e. The van der Waals surface area contributed by atoms with Crippen molar-refractivity contribution in [2.45, 2.75) is 26.3 Å². The number of carbonyl (C=O) groups is 1.